The first-order valence-corrected chi connectivity index (χ1v) is 4.80. The minimum atomic E-state index is -4.90. The summed E-state index contributed by atoms with van der Waals surface area (Å²) < 4.78 is 71.6. The zero-order valence-electron chi connectivity index (χ0n) is 6.76. The van der Waals surface area contributed by atoms with Crippen LogP contribution < -0.4 is 5.14 Å². The van der Waals surface area contributed by atoms with E-state index in [-0.39, 0.29) is 0 Å². The summed E-state index contributed by atoms with van der Waals surface area (Å²) in [7, 11) is -4.90. The van der Waals surface area contributed by atoms with Crippen LogP contribution in [0.3, 0.4) is 0 Å². The van der Waals surface area contributed by atoms with Gasteiger partial charge in [0.25, 0.3) is 0 Å². The Morgan fingerprint density at radius 1 is 0.933 bits per heavy atom. The molecule has 1 aromatic rings. The van der Waals surface area contributed by atoms with Crippen molar-refractivity contribution in [2.24, 2.45) is 5.14 Å². The van der Waals surface area contributed by atoms with Gasteiger partial charge in [-0.3, -0.25) is 0 Å². The molecule has 0 aliphatic rings. The number of nitrogens with two attached hydrogens (primary N) is 1. The maximum Gasteiger partial charge on any atom is 0.244 e. The molecule has 0 spiro atoms. The molecule has 0 saturated carbocycles. The lowest BCUT2D eigenvalue weighted by molar-refractivity contribution is 0.346. The Morgan fingerprint density at radius 2 is 1.33 bits per heavy atom. The van der Waals surface area contributed by atoms with Crippen LogP contribution in [0.4, 0.5) is 17.6 Å². The van der Waals surface area contributed by atoms with Gasteiger partial charge in [0.15, 0.2) is 22.3 Å². The minimum Gasteiger partial charge on any atom is -0.504 e. The molecule has 9 heteroatoms. The Labute approximate surface area is 81.0 Å². The van der Waals surface area contributed by atoms with Gasteiger partial charge in [-0.05, 0) is 0 Å². The van der Waals surface area contributed by atoms with Crippen molar-refractivity contribution in [3.05, 3.63) is 23.3 Å². The third-order valence-corrected chi connectivity index (χ3v) is 2.43. The monoisotopic (exact) mass is 245 g/mol. The molecule has 1 rings (SSSR count). The predicted molar refractivity (Wildman–Crippen MR) is 39.3 cm³/mol. The zero-order valence-corrected chi connectivity index (χ0v) is 7.58. The van der Waals surface area contributed by atoms with Gasteiger partial charge >= 0.3 is 0 Å². The highest BCUT2D eigenvalue weighted by atomic mass is 32.2. The third-order valence-electron chi connectivity index (χ3n) is 1.48. The Balaban J connectivity index is 3.84. The summed E-state index contributed by atoms with van der Waals surface area (Å²) in [5.74, 6) is -11.1. The van der Waals surface area contributed by atoms with Crippen LogP contribution in [0.25, 0.3) is 0 Å². The lowest BCUT2D eigenvalue weighted by Gasteiger charge is -2.06. The number of halogens is 4. The van der Waals surface area contributed by atoms with Gasteiger partial charge in [0.1, 0.15) is 0 Å². The molecule has 0 aromatic heterocycles. The smallest absolute Gasteiger partial charge is 0.244 e. The van der Waals surface area contributed by atoms with Gasteiger partial charge in [0.2, 0.25) is 21.7 Å². The SMILES string of the molecule is NS(=O)(=O)c1c(O)c(F)c(F)c(F)c1F. The van der Waals surface area contributed by atoms with Crippen LogP contribution in [0.5, 0.6) is 5.75 Å². The second kappa shape index (κ2) is 3.35. The van der Waals surface area contributed by atoms with Gasteiger partial charge in [0.05, 0.1) is 0 Å². The summed E-state index contributed by atoms with van der Waals surface area (Å²) in [6, 6.07) is 0. The largest absolute Gasteiger partial charge is 0.504 e. The molecule has 0 atom stereocenters. The number of benzene rings is 1. The molecule has 0 fully saturated rings. The van der Waals surface area contributed by atoms with Crippen LogP contribution in [0.1, 0.15) is 0 Å². The van der Waals surface area contributed by atoms with E-state index in [2.05, 4.69) is 5.14 Å². The quantitative estimate of drug-likeness (QED) is 0.432. The molecule has 15 heavy (non-hydrogen) atoms. The highest BCUT2D eigenvalue weighted by Gasteiger charge is 2.30. The Morgan fingerprint density at radius 3 is 1.73 bits per heavy atom. The topological polar surface area (TPSA) is 80.4 Å². The maximum absolute atomic E-state index is 12.8. The number of phenols is 1. The molecule has 0 heterocycles. The molecule has 0 amide bonds. The molecular formula is C6H3F4NO3S. The van der Waals surface area contributed by atoms with Crippen molar-refractivity contribution in [1.29, 1.82) is 0 Å². The van der Waals surface area contributed by atoms with Crippen molar-refractivity contribution in [2.45, 2.75) is 4.90 Å². The average Bonchev–Trinajstić information content (AvgIpc) is 2.09. The van der Waals surface area contributed by atoms with E-state index < -0.39 is 43.9 Å². The summed E-state index contributed by atoms with van der Waals surface area (Å²) in [4.78, 5) is -1.82. The zero-order chi connectivity index (χ0) is 12.0. The molecule has 4 nitrogen and oxygen atoms in total. The summed E-state index contributed by atoms with van der Waals surface area (Å²) in [5, 5.41) is 13.1. The van der Waals surface area contributed by atoms with Crippen molar-refractivity contribution in [1.82, 2.24) is 0 Å². The van der Waals surface area contributed by atoms with Gasteiger partial charge in [-0.2, -0.15) is 4.39 Å². The van der Waals surface area contributed by atoms with Crippen molar-refractivity contribution in [3.8, 4) is 5.75 Å². The Kier molecular flexibility index (Phi) is 2.62. The van der Waals surface area contributed by atoms with Crippen LogP contribution in [-0.4, -0.2) is 13.5 Å². The lowest BCUT2D eigenvalue weighted by Crippen LogP contribution is -2.17. The van der Waals surface area contributed by atoms with Crippen molar-refractivity contribution in [3.63, 3.8) is 0 Å². The third kappa shape index (κ3) is 1.75. The molecule has 0 saturated heterocycles. The van der Waals surface area contributed by atoms with Gasteiger partial charge in [-0.25, -0.2) is 26.7 Å². The molecule has 0 unspecified atom stereocenters. The molecule has 3 N–H and O–H groups in total. The fraction of sp³-hybridized carbons (Fsp3) is 0. The van der Waals surface area contributed by atoms with Crippen molar-refractivity contribution in [2.75, 3.05) is 0 Å². The summed E-state index contributed by atoms with van der Waals surface area (Å²) in [6.45, 7) is 0. The second-order valence-corrected chi connectivity index (χ2v) is 3.98. The van der Waals surface area contributed by atoms with E-state index in [1.54, 1.807) is 0 Å². The Bertz CT molecular complexity index is 499. The molecule has 84 valence electrons. The summed E-state index contributed by atoms with van der Waals surface area (Å²) in [6.07, 6.45) is 0. The highest BCUT2D eigenvalue weighted by molar-refractivity contribution is 7.89. The van der Waals surface area contributed by atoms with E-state index in [0.717, 1.165) is 0 Å². The summed E-state index contributed by atoms with van der Waals surface area (Å²) >= 11 is 0. The van der Waals surface area contributed by atoms with E-state index in [0.29, 0.717) is 0 Å². The molecular weight excluding hydrogens is 242 g/mol. The van der Waals surface area contributed by atoms with E-state index in [4.69, 9.17) is 5.11 Å². The van der Waals surface area contributed by atoms with Crippen LogP contribution >= 0.6 is 0 Å². The van der Waals surface area contributed by atoms with Crippen LogP contribution in [0.15, 0.2) is 4.90 Å². The predicted octanol–water partition coefficient (Wildman–Crippen LogP) is 0.596. The fourth-order valence-corrected chi connectivity index (χ4v) is 1.56. The number of hydrogen-bond donors (Lipinski definition) is 2. The highest BCUT2D eigenvalue weighted by Crippen LogP contribution is 2.31. The van der Waals surface area contributed by atoms with Crippen molar-refractivity contribution < 1.29 is 31.1 Å². The van der Waals surface area contributed by atoms with Crippen LogP contribution in [0.2, 0.25) is 0 Å². The van der Waals surface area contributed by atoms with Gasteiger partial charge < -0.3 is 5.11 Å². The fourth-order valence-electron chi connectivity index (χ4n) is 0.860. The molecule has 0 aliphatic carbocycles. The standard InChI is InChI=1S/C6H3F4NO3S/c7-1-2(8)4(10)6(15(11,13)14)5(12)3(1)9/h12H,(H2,11,13,14). The van der Waals surface area contributed by atoms with E-state index in [1.807, 2.05) is 0 Å². The minimum absolute atomic E-state index is 1.82. The van der Waals surface area contributed by atoms with Crippen LogP contribution in [0, 0.1) is 23.3 Å². The number of primary sulfonamides is 1. The van der Waals surface area contributed by atoms with E-state index in [1.165, 1.54) is 0 Å². The molecule has 0 bridgehead atoms. The first-order chi connectivity index (χ1) is 6.68. The van der Waals surface area contributed by atoms with Gasteiger partial charge in [-0.1, -0.05) is 0 Å². The molecule has 0 aliphatic heterocycles. The maximum atomic E-state index is 12.8. The van der Waals surface area contributed by atoms with Gasteiger partial charge in [0, 0.05) is 0 Å². The summed E-state index contributed by atoms with van der Waals surface area (Å²) in [5.41, 5.74) is 0. The molecule has 1 aromatic carbocycles. The van der Waals surface area contributed by atoms with Crippen LogP contribution in [-0.2, 0) is 10.0 Å². The Hall–Kier alpha value is -1.35. The normalized spacial score (nSPS) is 11.8. The van der Waals surface area contributed by atoms with E-state index >= 15 is 0 Å². The average molecular weight is 245 g/mol. The van der Waals surface area contributed by atoms with Crippen molar-refractivity contribution >= 4 is 10.0 Å². The molecule has 0 radical (unpaired) electrons. The first-order valence-electron chi connectivity index (χ1n) is 3.25. The number of aromatic hydroxyl groups is 1. The van der Waals surface area contributed by atoms with Gasteiger partial charge in [-0.15, -0.1) is 0 Å². The first kappa shape index (κ1) is 11.7. The number of phenolic OH excluding ortho intramolecular Hbond substituents is 1. The number of hydrogen-bond acceptors (Lipinski definition) is 3. The second-order valence-electron chi connectivity index (χ2n) is 2.48. The number of sulfonamides is 1. The number of rotatable bonds is 1. The van der Waals surface area contributed by atoms with E-state index in [9.17, 15) is 26.0 Å². The lowest BCUT2D eigenvalue weighted by atomic mass is 10.3.